The van der Waals surface area contributed by atoms with Gasteiger partial charge in [-0.1, -0.05) is 24.3 Å². The molecule has 4 rings (SSSR count). The molecule has 154 valence electrons. The maximum absolute atomic E-state index is 12.9. The summed E-state index contributed by atoms with van der Waals surface area (Å²) in [5, 5.41) is 0. The van der Waals surface area contributed by atoms with Crippen molar-refractivity contribution >= 4 is 5.91 Å². The van der Waals surface area contributed by atoms with Gasteiger partial charge in [0, 0.05) is 32.3 Å². The maximum atomic E-state index is 12.9. The number of carbonyl (C=O) groups excluding carboxylic acids is 1. The zero-order valence-corrected chi connectivity index (χ0v) is 17.0. The summed E-state index contributed by atoms with van der Waals surface area (Å²) in [5.74, 6) is 1.02. The molecular weight excluding hydrogens is 366 g/mol. The number of likely N-dealkylation sites (N-methyl/N-ethyl adjacent to an activating group) is 1. The number of hydrogen-bond donors (Lipinski definition) is 0. The summed E-state index contributed by atoms with van der Waals surface area (Å²) in [6.45, 7) is 3.08. The number of piperidine rings is 1. The van der Waals surface area contributed by atoms with Crippen molar-refractivity contribution in [3.8, 4) is 5.75 Å². The van der Waals surface area contributed by atoms with Gasteiger partial charge in [0.05, 0.1) is 24.4 Å². The van der Waals surface area contributed by atoms with Crippen molar-refractivity contribution in [2.75, 3.05) is 33.3 Å². The van der Waals surface area contributed by atoms with Crippen LogP contribution in [0.2, 0.25) is 0 Å². The van der Waals surface area contributed by atoms with Crippen LogP contribution >= 0.6 is 0 Å². The number of rotatable bonds is 6. The molecule has 29 heavy (non-hydrogen) atoms. The van der Waals surface area contributed by atoms with E-state index in [0.717, 1.165) is 37.3 Å². The van der Waals surface area contributed by atoms with Crippen LogP contribution in [0.1, 0.15) is 25.0 Å². The molecule has 2 fully saturated rings. The normalized spacial score (nSPS) is 24.2. The van der Waals surface area contributed by atoms with Crippen molar-refractivity contribution in [1.82, 2.24) is 14.8 Å². The molecule has 1 aromatic carbocycles. The molecule has 6 nitrogen and oxygen atoms in total. The first-order valence-electron chi connectivity index (χ1n) is 10.3. The number of amides is 1. The standard InChI is InChI=1S/C23H29N3O3/c1-25(15-19-8-5-6-12-24-19)16-22(27)26-13-7-11-23(18-26)14-21(17-28-23)29-20-9-3-2-4-10-20/h2-6,8-10,12,21H,7,11,13-18H2,1H3/t21-,23-/m1/s1. The monoisotopic (exact) mass is 395 g/mol. The number of aromatic nitrogens is 1. The van der Waals surface area contributed by atoms with E-state index in [-0.39, 0.29) is 17.6 Å². The molecular formula is C23H29N3O3. The first-order chi connectivity index (χ1) is 14.1. The molecule has 0 N–H and O–H groups in total. The summed E-state index contributed by atoms with van der Waals surface area (Å²) >= 11 is 0. The van der Waals surface area contributed by atoms with E-state index in [2.05, 4.69) is 4.98 Å². The van der Waals surface area contributed by atoms with E-state index in [0.29, 0.717) is 26.2 Å². The molecule has 0 radical (unpaired) electrons. The van der Waals surface area contributed by atoms with Crippen molar-refractivity contribution in [3.05, 3.63) is 60.4 Å². The van der Waals surface area contributed by atoms with Gasteiger partial charge in [-0.2, -0.15) is 0 Å². The fourth-order valence-electron chi connectivity index (χ4n) is 4.32. The highest BCUT2D eigenvalue weighted by Crippen LogP contribution is 2.36. The van der Waals surface area contributed by atoms with Gasteiger partial charge in [0.1, 0.15) is 11.9 Å². The smallest absolute Gasteiger partial charge is 0.236 e. The molecule has 3 heterocycles. The summed E-state index contributed by atoms with van der Waals surface area (Å²) in [6.07, 6.45) is 4.60. The number of nitrogens with zero attached hydrogens (tertiary/aromatic N) is 3. The molecule has 1 amide bonds. The van der Waals surface area contributed by atoms with Crippen molar-refractivity contribution in [1.29, 1.82) is 0 Å². The summed E-state index contributed by atoms with van der Waals surface area (Å²) in [4.78, 5) is 21.2. The Balaban J connectivity index is 1.30. The maximum Gasteiger partial charge on any atom is 0.236 e. The third-order valence-corrected chi connectivity index (χ3v) is 5.68. The predicted molar refractivity (Wildman–Crippen MR) is 111 cm³/mol. The van der Waals surface area contributed by atoms with E-state index in [4.69, 9.17) is 9.47 Å². The lowest BCUT2D eigenvalue weighted by Crippen LogP contribution is -2.52. The van der Waals surface area contributed by atoms with Gasteiger partial charge >= 0.3 is 0 Å². The highest BCUT2D eigenvalue weighted by molar-refractivity contribution is 5.78. The number of para-hydroxylation sites is 1. The fraction of sp³-hybridized carbons (Fsp3) is 0.478. The molecule has 6 heteroatoms. The molecule has 1 spiro atoms. The number of ether oxygens (including phenoxy) is 2. The van der Waals surface area contributed by atoms with Crippen LogP contribution in [-0.2, 0) is 16.1 Å². The van der Waals surface area contributed by atoms with Gasteiger partial charge in [0.15, 0.2) is 0 Å². The zero-order valence-electron chi connectivity index (χ0n) is 17.0. The quantitative estimate of drug-likeness (QED) is 0.753. The average Bonchev–Trinajstić information content (AvgIpc) is 3.10. The van der Waals surface area contributed by atoms with Crippen molar-refractivity contribution < 1.29 is 14.3 Å². The second-order valence-corrected chi connectivity index (χ2v) is 8.16. The van der Waals surface area contributed by atoms with Crippen LogP contribution in [0.3, 0.4) is 0 Å². The van der Waals surface area contributed by atoms with Gasteiger partial charge < -0.3 is 14.4 Å². The van der Waals surface area contributed by atoms with Crippen LogP contribution in [0.15, 0.2) is 54.7 Å². The van der Waals surface area contributed by atoms with E-state index >= 15 is 0 Å². The zero-order chi connectivity index (χ0) is 20.1. The third-order valence-electron chi connectivity index (χ3n) is 5.68. The molecule has 0 saturated carbocycles. The van der Waals surface area contributed by atoms with Gasteiger partial charge in [0.25, 0.3) is 0 Å². The van der Waals surface area contributed by atoms with Gasteiger partial charge in [-0.15, -0.1) is 0 Å². The summed E-state index contributed by atoms with van der Waals surface area (Å²) in [6, 6.07) is 15.7. The summed E-state index contributed by atoms with van der Waals surface area (Å²) < 4.78 is 12.3. The van der Waals surface area contributed by atoms with Crippen molar-refractivity contribution in [2.24, 2.45) is 0 Å². The Morgan fingerprint density at radius 1 is 1.28 bits per heavy atom. The predicted octanol–water partition coefficient (Wildman–Crippen LogP) is 2.74. The number of likely N-dealkylation sites (tertiary alicyclic amines) is 1. The molecule has 0 unspecified atom stereocenters. The highest BCUT2D eigenvalue weighted by Gasteiger charge is 2.45. The molecule has 0 aliphatic carbocycles. The van der Waals surface area contributed by atoms with E-state index in [9.17, 15) is 4.79 Å². The molecule has 2 atom stereocenters. The summed E-state index contributed by atoms with van der Waals surface area (Å²) in [7, 11) is 1.96. The summed E-state index contributed by atoms with van der Waals surface area (Å²) in [5.41, 5.74) is 0.699. The number of carbonyl (C=O) groups is 1. The molecule has 2 aliphatic rings. The van der Waals surface area contributed by atoms with Crippen molar-refractivity contribution in [3.63, 3.8) is 0 Å². The van der Waals surface area contributed by atoms with E-state index in [1.54, 1.807) is 6.20 Å². The average molecular weight is 396 g/mol. The Labute approximate surface area is 172 Å². The number of hydrogen-bond acceptors (Lipinski definition) is 5. The van der Waals surface area contributed by atoms with Crippen LogP contribution in [0.4, 0.5) is 0 Å². The van der Waals surface area contributed by atoms with Gasteiger partial charge in [-0.3, -0.25) is 14.7 Å². The van der Waals surface area contributed by atoms with E-state index in [1.807, 2.05) is 65.4 Å². The Bertz CT molecular complexity index is 802. The first kappa shape index (κ1) is 19.9. The topological polar surface area (TPSA) is 54.9 Å². The minimum Gasteiger partial charge on any atom is -0.488 e. The van der Waals surface area contributed by atoms with Crippen LogP contribution < -0.4 is 4.74 Å². The Morgan fingerprint density at radius 2 is 2.10 bits per heavy atom. The SMILES string of the molecule is CN(CC(=O)N1CCC[C@@]2(C[C@@H](Oc3ccccc3)CO2)C1)Cc1ccccn1. The molecule has 1 aromatic heterocycles. The molecule has 2 aromatic rings. The minimum absolute atomic E-state index is 0.0410. The fourth-order valence-corrected chi connectivity index (χ4v) is 4.32. The Kier molecular flexibility index (Phi) is 6.11. The minimum atomic E-state index is -0.271. The van der Waals surface area contributed by atoms with Gasteiger partial charge in [-0.05, 0) is 44.2 Å². The second-order valence-electron chi connectivity index (χ2n) is 8.16. The van der Waals surface area contributed by atoms with Crippen LogP contribution in [-0.4, -0.2) is 65.7 Å². The Hall–Kier alpha value is -2.44. The lowest BCUT2D eigenvalue weighted by molar-refractivity contribution is -0.140. The molecule has 0 bridgehead atoms. The van der Waals surface area contributed by atoms with Crippen molar-refractivity contribution in [2.45, 2.75) is 37.5 Å². The number of benzene rings is 1. The third kappa shape index (κ3) is 5.14. The largest absolute Gasteiger partial charge is 0.488 e. The lowest BCUT2D eigenvalue weighted by atomic mass is 9.89. The van der Waals surface area contributed by atoms with Crippen LogP contribution in [0.5, 0.6) is 5.75 Å². The van der Waals surface area contributed by atoms with E-state index < -0.39 is 0 Å². The lowest BCUT2D eigenvalue weighted by Gasteiger charge is -2.40. The number of pyridine rings is 1. The van der Waals surface area contributed by atoms with Gasteiger partial charge in [-0.25, -0.2) is 0 Å². The first-order valence-corrected chi connectivity index (χ1v) is 10.3. The van der Waals surface area contributed by atoms with Crippen LogP contribution in [0, 0.1) is 0 Å². The molecule has 2 aliphatic heterocycles. The van der Waals surface area contributed by atoms with Crippen LogP contribution in [0.25, 0.3) is 0 Å². The molecule has 2 saturated heterocycles. The second kappa shape index (κ2) is 8.93. The van der Waals surface area contributed by atoms with Gasteiger partial charge in [0.2, 0.25) is 5.91 Å². The Morgan fingerprint density at radius 3 is 2.90 bits per heavy atom. The highest BCUT2D eigenvalue weighted by atomic mass is 16.6. The van der Waals surface area contributed by atoms with E-state index in [1.165, 1.54) is 0 Å².